The molecule has 0 saturated heterocycles. The molecule has 5 heteroatoms. The second kappa shape index (κ2) is 7.73. The molecule has 0 fully saturated rings. The minimum atomic E-state index is -0.290. The molecule has 0 saturated carbocycles. The molecule has 1 amide bonds. The first kappa shape index (κ1) is 16.2. The van der Waals surface area contributed by atoms with Crippen LogP contribution in [-0.4, -0.2) is 16.9 Å². The van der Waals surface area contributed by atoms with E-state index in [-0.39, 0.29) is 17.8 Å². The van der Waals surface area contributed by atoms with E-state index >= 15 is 0 Å². The largest absolute Gasteiger partial charge is 0.441 e. The summed E-state index contributed by atoms with van der Waals surface area (Å²) in [5, 5.41) is 2.95. The van der Waals surface area contributed by atoms with Gasteiger partial charge in [0.15, 0.2) is 11.7 Å². The summed E-state index contributed by atoms with van der Waals surface area (Å²) in [5.41, 5.74) is 0.765. The van der Waals surface area contributed by atoms with Gasteiger partial charge in [0.1, 0.15) is 5.82 Å². The van der Waals surface area contributed by atoms with Crippen molar-refractivity contribution in [2.75, 3.05) is 0 Å². The zero-order valence-corrected chi connectivity index (χ0v) is 12.9. The number of carbonyl (C=O) groups is 1. The molecule has 1 aromatic heterocycles. The molecule has 2 aromatic rings. The number of halogens is 1. The van der Waals surface area contributed by atoms with Gasteiger partial charge in [0.2, 0.25) is 5.91 Å². The fourth-order valence-electron chi connectivity index (χ4n) is 2.25. The molecule has 1 aromatic carbocycles. The first-order chi connectivity index (χ1) is 10.6. The number of amides is 1. The molecule has 1 N–H and O–H groups in total. The SMILES string of the molecule is CCC[C@H](C)NC(=O)CCc1ncc(-c2ccc(F)cc2)o1. The van der Waals surface area contributed by atoms with Gasteiger partial charge in [0.25, 0.3) is 0 Å². The van der Waals surface area contributed by atoms with Crippen LogP contribution in [0.5, 0.6) is 0 Å². The number of hydrogen-bond acceptors (Lipinski definition) is 3. The average molecular weight is 304 g/mol. The Bertz CT molecular complexity index is 607. The summed E-state index contributed by atoms with van der Waals surface area (Å²) in [6, 6.07) is 6.22. The normalized spacial score (nSPS) is 12.1. The third kappa shape index (κ3) is 4.69. The lowest BCUT2D eigenvalue weighted by Crippen LogP contribution is -2.32. The highest BCUT2D eigenvalue weighted by Crippen LogP contribution is 2.21. The van der Waals surface area contributed by atoms with Gasteiger partial charge in [-0.15, -0.1) is 0 Å². The van der Waals surface area contributed by atoms with Crippen molar-refractivity contribution < 1.29 is 13.6 Å². The molecule has 0 unspecified atom stereocenters. The number of hydrogen-bond donors (Lipinski definition) is 1. The maximum Gasteiger partial charge on any atom is 0.220 e. The standard InChI is InChI=1S/C17H21FN2O2/c1-3-4-12(2)20-16(21)9-10-17-19-11-15(22-17)13-5-7-14(18)8-6-13/h5-8,11-12H,3-4,9-10H2,1-2H3,(H,20,21)/t12-/m0/s1. The molecule has 0 bridgehead atoms. The van der Waals surface area contributed by atoms with Crippen molar-refractivity contribution in [2.45, 2.75) is 45.6 Å². The number of nitrogens with one attached hydrogen (secondary N) is 1. The van der Waals surface area contributed by atoms with Crippen molar-refractivity contribution in [1.82, 2.24) is 10.3 Å². The Morgan fingerprint density at radius 2 is 2.09 bits per heavy atom. The summed E-state index contributed by atoms with van der Waals surface area (Å²) in [4.78, 5) is 16.0. The van der Waals surface area contributed by atoms with E-state index in [1.807, 2.05) is 6.92 Å². The zero-order valence-electron chi connectivity index (χ0n) is 12.9. The van der Waals surface area contributed by atoms with Crippen molar-refractivity contribution in [3.05, 3.63) is 42.2 Å². The van der Waals surface area contributed by atoms with Gasteiger partial charge in [-0.05, 0) is 37.6 Å². The van der Waals surface area contributed by atoms with Crippen LogP contribution in [0.2, 0.25) is 0 Å². The second-order valence-electron chi connectivity index (χ2n) is 5.38. The smallest absolute Gasteiger partial charge is 0.220 e. The monoisotopic (exact) mass is 304 g/mol. The van der Waals surface area contributed by atoms with E-state index in [0.29, 0.717) is 24.5 Å². The Morgan fingerprint density at radius 1 is 1.36 bits per heavy atom. The predicted molar refractivity (Wildman–Crippen MR) is 82.7 cm³/mol. The Morgan fingerprint density at radius 3 is 2.77 bits per heavy atom. The number of aryl methyl sites for hydroxylation is 1. The molecule has 1 heterocycles. The molecule has 4 nitrogen and oxygen atoms in total. The first-order valence-electron chi connectivity index (χ1n) is 7.58. The van der Waals surface area contributed by atoms with Crippen LogP contribution in [0.15, 0.2) is 34.9 Å². The molecule has 0 aliphatic heterocycles. The minimum Gasteiger partial charge on any atom is -0.441 e. The van der Waals surface area contributed by atoms with Crippen molar-refractivity contribution in [1.29, 1.82) is 0 Å². The quantitative estimate of drug-likeness (QED) is 0.848. The van der Waals surface area contributed by atoms with E-state index in [0.717, 1.165) is 18.4 Å². The van der Waals surface area contributed by atoms with Crippen molar-refractivity contribution in [2.24, 2.45) is 0 Å². The van der Waals surface area contributed by atoms with E-state index in [2.05, 4.69) is 17.2 Å². The maximum atomic E-state index is 12.9. The highest BCUT2D eigenvalue weighted by atomic mass is 19.1. The molecule has 118 valence electrons. The van der Waals surface area contributed by atoms with Gasteiger partial charge in [-0.1, -0.05) is 13.3 Å². The van der Waals surface area contributed by atoms with Crippen LogP contribution in [0, 0.1) is 5.82 Å². The first-order valence-corrected chi connectivity index (χ1v) is 7.58. The topological polar surface area (TPSA) is 55.1 Å². The molecule has 0 aliphatic carbocycles. The number of nitrogens with zero attached hydrogens (tertiary/aromatic N) is 1. The molecule has 22 heavy (non-hydrogen) atoms. The lowest BCUT2D eigenvalue weighted by atomic mass is 10.2. The van der Waals surface area contributed by atoms with Crippen LogP contribution >= 0.6 is 0 Å². The third-order valence-corrected chi connectivity index (χ3v) is 3.38. The van der Waals surface area contributed by atoms with Crippen LogP contribution in [0.1, 0.15) is 39.0 Å². The van der Waals surface area contributed by atoms with E-state index in [4.69, 9.17) is 4.42 Å². The number of benzene rings is 1. The Labute approximate surface area is 129 Å². The molecule has 2 rings (SSSR count). The van der Waals surface area contributed by atoms with E-state index in [9.17, 15) is 9.18 Å². The lowest BCUT2D eigenvalue weighted by Gasteiger charge is -2.11. The fraction of sp³-hybridized carbons (Fsp3) is 0.412. The van der Waals surface area contributed by atoms with Crippen LogP contribution < -0.4 is 5.32 Å². The predicted octanol–water partition coefficient (Wildman–Crippen LogP) is 3.72. The highest BCUT2D eigenvalue weighted by molar-refractivity contribution is 5.76. The number of oxazole rings is 1. The summed E-state index contributed by atoms with van der Waals surface area (Å²) in [6.07, 6.45) is 4.41. The molecular weight excluding hydrogens is 283 g/mol. The van der Waals surface area contributed by atoms with Gasteiger partial charge in [0.05, 0.1) is 6.20 Å². The van der Waals surface area contributed by atoms with Crippen LogP contribution in [0.4, 0.5) is 4.39 Å². The highest BCUT2D eigenvalue weighted by Gasteiger charge is 2.10. The van der Waals surface area contributed by atoms with Crippen molar-refractivity contribution >= 4 is 5.91 Å². The van der Waals surface area contributed by atoms with Gasteiger partial charge >= 0.3 is 0 Å². The Kier molecular flexibility index (Phi) is 5.69. The molecule has 0 radical (unpaired) electrons. The summed E-state index contributed by atoms with van der Waals surface area (Å²) in [7, 11) is 0. The van der Waals surface area contributed by atoms with Crippen LogP contribution in [0.25, 0.3) is 11.3 Å². The molecule has 0 aliphatic rings. The fourth-order valence-corrected chi connectivity index (χ4v) is 2.25. The Hall–Kier alpha value is -2.17. The van der Waals surface area contributed by atoms with E-state index < -0.39 is 0 Å². The number of aromatic nitrogens is 1. The number of rotatable bonds is 7. The van der Waals surface area contributed by atoms with Crippen molar-refractivity contribution in [3.8, 4) is 11.3 Å². The van der Waals surface area contributed by atoms with Crippen LogP contribution in [0.3, 0.4) is 0 Å². The maximum absolute atomic E-state index is 12.9. The molecule has 1 atom stereocenters. The Balaban J connectivity index is 1.87. The van der Waals surface area contributed by atoms with E-state index in [1.54, 1.807) is 18.3 Å². The van der Waals surface area contributed by atoms with Gasteiger partial charge in [-0.2, -0.15) is 0 Å². The second-order valence-corrected chi connectivity index (χ2v) is 5.38. The van der Waals surface area contributed by atoms with Gasteiger partial charge in [0, 0.05) is 24.4 Å². The van der Waals surface area contributed by atoms with E-state index in [1.165, 1.54) is 12.1 Å². The third-order valence-electron chi connectivity index (χ3n) is 3.38. The lowest BCUT2D eigenvalue weighted by molar-refractivity contribution is -0.121. The summed E-state index contributed by atoms with van der Waals surface area (Å²) in [6.45, 7) is 4.09. The summed E-state index contributed by atoms with van der Waals surface area (Å²) < 4.78 is 18.5. The average Bonchev–Trinajstić information content (AvgIpc) is 2.95. The minimum absolute atomic E-state index is 0.00230. The van der Waals surface area contributed by atoms with Crippen LogP contribution in [-0.2, 0) is 11.2 Å². The summed E-state index contributed by atoms with van der Waals surface area (Å²) in [5.74, 6) is 0.802. The summed E-state index contributed by atoms with van der Waals surface area (Å²) >= 11 is 0. The van der Waals surface area contributed by atoms with Gasteiger partial charge in [-0.25, -0.2) is 9.37 Å². The van der Waals surface area contributed by atoms with Gasteiger partial charge in [-0.3, -0.25) is 4.79 Å². The number of carbonyl (C=O) groups excluding carboxylic acids is 1. The molecule has 0 spiro atoms. The molecular formula is C17H21FN2O2. The van der Waals surface area contributed by atoms with Crippen molar-refractivity contribution in [3.63, 3.8) is 0 Å². The van der Waals surface area contributed by atoms with Gasteiger partial charge < -0.3 is 9.73 Å². The zero-order chi connectivity index (χ0) is 15.9.